The SMILES string of the molecule is Cc1nc(C(C2CCCCN2)n2cc(C(=O)O)ccc2=O)sc1CCO. The van der Waals surface area contributed by atoms with E-state index in [1.165, 1.54) is 34.2 Å². The molecule has 1 saturated heterocycles. The van der Waals surface area contributed by atoms with Crippen LogP contribution >= 0.6 is 11.3 Å². The zero-order chi connectivity index (χ0) is 18.7. The molecule has 2 aromatic heterocycles. The van der Waals surface area contributed by atoms with E-state index < -0.39 is 5.97 Å². The zero-order valence-corrected chi connectivity index (χ0v) is 15.5. The summed E-state index contributed by atoms with van der Waals surface area (Å²) >= 11 is 1.49. The molecule has 1 fully saturated rings. The Bertz CT molecular complexity index is 839. The number of hydrogen-bond donors (Lipinski definition) is 3. The fourth-order valence-electron chi connectivity index (χ4n) is 3.39. The number of nitrogens with one attached hydrogen (secondary N) is 1. The molecule has 26 heavy (non-hydrogen) atoms. The van der Waals surface area contributed by atoms with Crippen LogP contribution in [0.1, 0.15) is 51.2 Å². The number of aliphatic hydroxyl groups excluding tert-OH is 1. The lowest BCUT2D eigenvalue weighted by atomic mass is 9.97. The van der Waals surface area contributed by atoms with Crippen molar-refractivity contribution in [3.63, 3.8) is 0 Å². The molecule has 2 unspecified atom stereocenters. The molecule has 0 aromatic carbocycles. The summed E-state index contributed by atoms with van der Waals surface area (Å²) in [4.78, 5) is 29.6. The van der Waals surface area contributed by atoms with Gasteiger partial charge in [0.05, 0.1) is 11.3 Å². The largest absolute Gasteiger partial charge is 0.478 e. The number of carbonyl (C=O) groups is 1. The van der Waals surface area contributed by atoms with Crippen molar-refractivity contribution in [2.24, 2.45) is 0 Å². The second kappa shape index (κ2) is 8.11. The maximum absolute atomic E-state index is 12.5. The van der Waals surface area contributed by atoms with Crippen LogP contribution in [0.4, 0.5) is 0 Å². The van der Waals surface area contributed by atoms with Crippen molar-refractivity contribution in [1.29, 1.82) is 0 Å². The summed E-state index contributed by atoms with van der Waals surface area (Å²) in [6.45, 7) is 2.80. The molecule has 8 heteroatoms. The van der Waals surface area contributed by atoms with Crippen LogP contribution in [0.3, 0.4) is 0 Å². The molecule has 1 aliphatic heterocycles. The van der Waals surface area contributed by atoms with E-state index in [-0.39, 0.29) is 29.8 Å². The van der Waals surface area contributed by atoms with Gasteiger partial charge in [0.15, 0.2) is 0 Å². The van der Waals surface area contributed by atoms with Crippen molar-refractivity contribution in [1.82, 2.24) is 14.9 Å². The van der Waals surface area contributed by atoms with Gasteiger partial charge in [0, 0.05) is 36.2 Å². The Balaban J connectivity index is 2.09. The van der Waals surface area contributed by atoms with E-state index in [1.54, 1.807) is 0 Å². The van der Waals surface area contributed by atoms with Crippen LogP contribution < -0.4 is 10.9 Å². The number of carboxylic acid groups (broad SMARTS) is 1. The third-order valence-electron chi connectivity index (χ3n) is 4.72. The lowest BCUT2D eigenvalue weighted by Gasteiger charge is -2.31. The highest BCUT2D eigenvalue weighted by Gasteiger charge is 2.30. The fraction of sp³-hybridized carbons (Fsp3) is 0.500. The molecule has 2 atom stereocenters. The highest BCUT2D eigenvalue weighted by molar-refractivity contribution is 7.11. The second-order valence-electron chi connectivity index (χ2n) is 6.50. The van der Waals surface area contributed by atoms with Gasteiger partial charge in [0.2, 0.25) is 0 Å². The molecule has 0 spiro atoms. The summed E-state index contributed by atoms with van der Waals surface area (Å²) in [5.41, 5.74) is 0.681. The highest BCUT2D eigenvalue weighted by Crippen LogP contribution is 2.31. The minimum Gasteiger partial charge on any atom is -0.478 e. The van der Waals surface area contributed by atoms with E-state index in [2.05, 4.69) is 10.3 Å². The smallest absolute Gasteiger partial charge is 0.337 e. The molecule has 2 aromatic rings. The Kier molecular flexibility index (Phi) is 5.85. The molecule has 0 amide bonds. The first-order chi connectivity index (χ1) is 12.5. The zero-order valence-electron chi connectivity index (χ0n) is 14.6. The van der Waals surface area contributed by atoms with Crippen LogP contribution in [0.25, 0.3) is 0 Å². The second-order valence-corrected chi connectivity index (χ2v) is 7.62. The number of piperidine rings is 1. The lowest BCUT2D eigenvalue weighted by Crippen LogP contribution is -2.44. The molecule has 3 N–H and O–H groups in total. The summed E-state index contributed by atoms with van der Waals surface area (Å²) in [6.07, 6.45) is 4.96. The molecule has 0 saturated carbocycles. The summed E-state index contributed by atoms with van der Waals surface area (Å²) < 4.78 is 1.49. The van der Waals surface area contributed by atoms with Gasteiger partial charge >= 0.3 is 5.97 Å². The molecule has 0 bridgehead atoms. The van der Waals surface area contributed by atoms with Gasteiger partial charge in [0.1, 0.15) is 11.0 Å². The number of aromatic carboxylic acids is 1. The maximum Gasteiger partial charge on any atom is 0.337 e. The molecule has 1 aliphatic rings. The van der Waals surface area contributed by atoms with Crippen molar-refractivity contribution in [2.45, 2.75) is 44.7 Å². The number of pyridine rings is 1. The molecule has 140 valence electrons. The summed E-state index contributed by atoms with van der Waals surface area (Å²) in [5.74, 6) is -1.06. The first kappa shape index (κ1) is 18.8. The minimum atomic E-state index is -1.06. The highest BCUT2D eigenvalue weighted by atomic mass is 32.1. The number of aromatic nitrogens is 2. The topological polar surface area (TPSA) is 104 Å². The van der Waals surface area contributed by atoms with Crippen LogP contribution in [0, 0.1) is 6.92 Å². The van der Waals surface area contributed by atoms with Gasteiger partial charge < -0.3 is 20.1 Å². The summed E-state index contributed by atoms with van der Waals surface area (Å²) in [7, 11) is 0. The van der Waals surface area contributed by atoms with E-state index in [9.17, 15) is 19.8 Å². The van der Waals surface area contributed by atoms with Crippen LogP contribution in [0.5, 0.6) is 0 Å². The number of rotatable bonds is 6. The monoisotopic (exact) mass is 377 g/mol. The van der Waals surface area contributed by atoms with Crippen molar-refractivity contribution in [2.75, 3.05) is 13.2 Å². The van der Waals surface area contributed by atoms with Gasteiger partial charge in [-0.1, -0.05) is 6.42 Å². The number of aryl methyl sites for hydroxylation is 1. The Morgan fingerprint density at radius 2 is 2.27 bits per heavy atom. The summed E-state index contributed by atoms with van der Waals surface area (Å²) in [5, 5.41) is 22.8. The average molecular weight is 377 g/mol. The van der Waals surface area contributed by atoms with Crippen LogP contribution in [0.2, 0.25) is 0 Å². The standard InChI is InChI=1S/C18H23N3O4S/c1-11-14(7-9-22)26-17(20-11)16(13-4-2-3-8-19-13)21-10-12(18(24)25)5-6-15(21)23/h5-6,10,13,16,19,22H,2-4,7-9H2,1H3,(H,24,25). The van der Waals surface area contributed by atoms with E-state index in [0.29, 0.717) is 6.42 Å². The molecule has 3 rings (SSSR count). The van der Waals surface area contributed by atoms with Crippen LogP contribution in [-0.2, 0) is 6.42 Å². The van der Waals surface area contributed by atoms with Crippen molar-refractivity contribution >= 4 is 17.3 Å². The predicted molar refractivity (Wildman–Crippen MR) is 99.1 cm³/mol. The maximum atomic E-state index is 12.5. The van der Waals surface area contributed by atoms with Gasteiger partial charge in [-0.3, -0.25) is 4.79 Å². The van der Waals surface area contributed by atoms with Crippen LogP contribution in [0.15, 0.2) is 23.1 Å². The number of thiazole rings is 1. The number of hydrogen-bond acceptors (Lipinski definition) is 6. The Morgan fingerprint density at radius 1 is 1.46 bits per heavy atom. The fourth-order valence-corrected chi connectivity index (χ4v) is 4.61. The van der Waals surface area contributed by atoms with Crippen molar-refractivity contribution in [3.05, 3.63) is 49.8 Å². The molecule has 3 heterocycles. The van der Waals surface area contributed by atoms with Gasteiger partial charge in [0.25, 0.3) is 5.56 Å². The third-order valence-corrected chi connectivity index (χ3v) is 6.00. The molecule has 0 aliphatic carbocycles. The van der Waals surface area contributed by atoms with Gasteiger partial charge in [-0.2, -0.15) is 0 Å². The summed E-state index contributed by atoms with van der Waals surface area (Å²) in [6, 6.07) is 2.28. The van der Waals surface area contributed by atoms with Gasteiger partial charge in [-0.25, -0.2) is 9.78 Å². The molecular weight excluding hydrogens is 354 g/mol. The predicted octanol–water partition coefficient (Wildman–Crippen LogP) is 1.58. The number of carboxylic acids is 1. The van der Waals surface area contributed by atoms with Crippen molar-refractivity contribution in [3.8, 4) is 0 Å². The van der Waals surface area contributed by atoms with E-state index in [4.69, 9.17) is 0 Å². The quantitative estimate of drug-likeness (QED) is 0.706. The van der Waals surface area contributed by atoms with Crippen molar-refractivity contribution < 1.29 is 15.0 Å². The van der Waals surface area contributed by atoms with E-state index in [1.807, 2.05) is 6.92 Å². The third kappa shape index (κ3) is 3.87. The first-order valence-corrected chi connectivity index (χ1v) is 9.59. The normalized spacial score (nSPS) is 18.6. The van der Waals surface area contributed by atoms with Gasteiger partial charge in [-0.15, -0.1) is 11.3 Å². The Labute approximate surface area is 155 Å². The Hall–Kier alpha value is -2.03. The van der Waals surface area contributed by atoms with Crippen LogP contribution in [-0.4, -0.2) is 44.9 Å². The Morgan fingerprint density at radius 3 is 2.92 bits per heavy atom. The first-order valence-electron chi connectivity index (χ1n) is 8.77. The van der Waals surface area contributed by atoms with Gasteiger partial charge in [-0.05, 0) is 32.4 Å². The number of aliphatic hydroxyl groups is 1. The number of nitrogens with zero attached hydrogens (tertiary/aromatic N) is 2. The van der Waals surface area contributed by atoms with E-state index in [0.717, 1.165) is 41.4 Å². The average Bonchev–Trinajstić information content (AvgIpc) is 2.98. The lowest BCUT2D eigenvalue weighted by molar-refractivity contribution is 0.0695. The molecule has 0 radical (unpaired) electrons. The molecule has 7 nitrogen and oxygen atoms in total. The molecular formula is C18H23N3O4S. The van der Waals surface area contributed by atoms with E-state index >= 15 is 0 Å². The minimum absolute atomic E-state index is 0.0121.